The van der Waals surface area contributed by atoms with Gasteiger partial charge in [0.2, 0.25) is 5.91 Å². The summed E-state index contributed by atoms with van der Waals surface area (Å²) < 4.78 is 36.4. The minimum absolute atomic E-state index is 0.113. The second kappa shape index (κ2) is 14.1. The molecule has 3 atom stereocenters. The number of aryl methyl sites for hydroxylation is 2. The summed E-state index contributed by atoms with van der Waals surface area (Å²) >= 11 is 6.13. The van der Waals surface area contributed by atoms with E-state index in [4.69, 9.17) is 30.1 Å². The largest absolute Gasteiger partial charge is 0.481 e. The van der Waals surface area contributed by atoms with Crippen molar-refractivity contribution < 1.29 is 32.7 Å². The number of amides is 1. The van der Waals surface area contributed by atoms with Crippen molar-refractivity contribution in [3.8, 4) is 11.5 Å². The zero-order chi connectivity index (χ0) is 31.3. The molecule has 4 rings (SSSR count). The summed E-state index contributed by atoms with van der Waals surface area (Å²) in [5, 5.41) is 3.15. The number of hydrogen-bond acceptors (Lipinski definition) is 7. The van der Waals surface area contributed by atoms with E-state index in [1.165, 1.54) is 6.92 Å². The first-order valence-corrected chi connectivity index (χ1v) is 16.5. The van der Waals surface area contributed by atoms with Gasteiger partial charge in [-0.1, -0.05) is 49.7 Å². The monoisotopic (exact) mass is 627 g/mol. The van der Waals surface area contributed by atoms with Crippen LogP contribution in [0.4, 0.5) is 0 Å². The van der Waals surface area contributed by atoms with Gasteiger partial charge in [-0.3, -0.25) is 13.9 Å². The Hall–Kier alpha value is -3.16. The molecule has 1 amide bonds. The Kier molecular flexibility index (Phi) is 10.7. The highest BCUT2D eigenvalue weighted by molar-refractivity contribution is 7.53. The third-order valence-corrected chi connectivity index (χ3v) is 9.13. The Bertz CT molecular complexity index is 1520. The van der Waals surface area contributed by atoms with E-state index in [1.807, 2.05) is 70.2 Å². The molecule has 0 saturated carbocycles. The fourth-order valence-electron chi connectivity index (χ4n) is 5.06. The molecule has 3 aromatic rings. The number of rotatable bonds is 10. The average Bonchev–Trinajstić information content (AvgIpc) is 2.94. The molecule has 0 radical (unpaired) electrons. The van der Waals surface area contributed by atoms with Crippen molar-refractivity contribution in [1.29, 1.82) is 0 Å². The predicted octanol–water partition coefficient (Wildman–Crippen LogP) is 7.81. The van der Waals surface area contributed by atoms with Crippen molar-refractivity contribution >= 4 is 31.1 Å². The van der Waals surface area contributed by atoms with Gasteiger partial charge < -0.3 is 19.3 Å². The van der Waals surface area contributed by atoms with Gasteiger partial charge in [0.25, 0.3) is 0 Å². The minimum atomic E-state index is -3.48. The lowest BCUT2D eigenvalue weighted by atomic mass is 9.93. The Morgan fingerprint density at radius 3 is 2.44 bits per heavy atom. The van der Waals surface area contributed by atoms with Crippen LogP contribution >= 0.6 is 19.2 Å². The SMILES string of the molecule is CC(=O)N[C@@H](C)C(=O)Oc1ccc(Cc2c(C)cc(OC[P@@]3(=O)OCC[C@@H](c4cccc(Cl)c4)O3)cc2C)cc1C(C)C. The van der Waals surface area contributed by atoms with E-state index in [-0.39, 0.29) is 24.3 Å². The molecule has 0 unspecified atom stereocenters. The molecule has 0 bridgehead atoms. The van der Waals surface area contributed by atoms with Crippen LogP contribution in [0.15, 0.2) is 54.6 Å². The molecule has 10 heteroatoms. The quantitative estimate of drug-likeness (QED) is 0.139. The van der Waals surface area contributed by atoms with Crippen LogP contribution < -0.4 is 14.8 Å². The maximum atomic E-state index is 13.4. The van der Waals surface area contributed by atoms with Crippen LogP contribution in [0.25, 0.3) is 0 Å². The molecule has 0 aromatic heterocycles. The van der Waals surface area contributed by atoms with E-state index in [0.717, 1.165) is 33.4 Å². The van der Waals surface area contributed by atoms with Crippen LogP contribution in [0.3, 0.4) is 0 Å². The predicted molar refractivity (Wildman–Crippen MR) is 167 cm³/mol. The van der Waals surface area contributed by atoms with Crippen molar-refractivity contribution in [3.63, 3.8) is 0 Å². The van der Waals surface area contributed by atoms with Gasteiger partial charge in [-0.25, -0.2) is 4.79 Å². The highest BCUT2D eigenvalue weighted by Gasteiger charge is 2.35. The molecule has 1 aliphatic heterocycles. The van der Waals surface area contributed by atoms with Crippen LogP contribution in [-0.2, 0) is 29.6 Å². The van der Waals surface area contributed by atoms with Crippen molar-refractivity contribution in [2.24, 2.45) is 0 Å². The van der Waals surface area contributed by atoms with Crippen LogP contribution in [0.1, 0.15) is 79.5 Å². The molecular formula is C33H39ClNO7P. The zero-order valence-corrected chi connectivity index (χ0v) is 27.1. The summed E-state index contributed by atoms with van der Waals surface area (Å²) in [6, 6.07) is 16.3. The van der Waals surface area contributed by atoms with Gasteiger partial charge in [-0.2, -0.15) is 0 Å². The highest BCUT2D eigenvalue weighted by Crippen LogP contribution is 2.56. The second-order valence-corrected chi connectivity index (χ2v) is 13.6. The Balaban J connectivity index is 1.44. The van der Waals surface area contributed by atoms with E-state index >= 15 is 0 Å². The number of nitrogens with one attached hydrogen (secondary N) is 1. The first kappa shape index (κ1) is 32.7. The van der Waals surface area contributed by atoms with Gasteiger partial charge in [0.05, 0.1) is 12.7 Å². The van der Waals surface area contributed by atoms with Crippen LogP contribution in [-0.4, -0.2) is 30.9 Å². The van der Waals surface area contributed by atoms with E-state index < -0.39 is 19.6 Å². The summed E-state index contributed by atoms with van der Waals surface area (Å²) in [5.41, 5.74) is 6.04. The molecule has 0 spiro atoms. The van der Waals surface area contributed by atoms with Crippen LogP contribution in [0.2, 0.25) is 5.02 Å². The third-order valence-electron chi connectivity index (χ3n) is 7.30. The molecule has 43 heavy (non-hydrogen) atoms. The number of hydrogen-bond donors (Lipinski definition) is 1. The van der Waals surface area contributed by atoms with E-state index in [0.29, 0.717) is 36.0 Å². The first-order valence-electron chi connectivity index (χ1n) is 14.4. The number of carbonyl (C=O) groups is 2. The summed E-state index contributed by atoms with van der Waals surface area (Å²) in [5.74, 6) is 0.376. The topological polar surface area (TPSA) is 100 Å². The van der Waals surface area contributed by atoms with Crippen LogP contribution in [0.5, 0.6) is 11.5 Å². The maximum Gasteiger partial charge on any atom is 0.368 e. The lowest BCUT2D eigenvalue weighted by Gasteiger charge is -2.30. The lowest BCUT2D eigenvalue weighted by Crippen LogP contribution is -2.39. The van der Waals surface area contributed by atoms with Gasteiger partial charge in [-0.05, 0) is 96.8 Å². The van der Waals surface area contributed by atoms with Gasteiger partial charge in [0.1, 0.15) is 17.5 Å². The van der Waals surface area contributed by atoms with Gasteiger partial charge in [0, 0.05) is 18.4 Å². The summed E-state index contributed by atoms with van der Waals surface area (Å²) in [6.07, 6.45) is 0.676. The van der Waals surface area contributed by atoms with E-state index in [1.54, 1.807) is 13.0 Å². The second-order valence-electron chi connectivity index (χ2n) is 11.2. The normalized spacial score (nSPS) is 19.1. The standard InChI is InChI=1S/C33H39ClNO7P/c1-20(2)29-16-25(10-11-32(29)41-33(37)23(5)35-24(6)36)17-30-21(3)14-28(15-22(30)4)39-19-43(38)40-13-12-31(42-43)26-8-7-9-27(34)18-26/h7-11,14-16,18,20,23,31H,12-13,17,19H2,1-6H3,(H,35,36)/t23-,31-,43+/m0/s1. The molecule has 1 saturated heterocycles. The van der Waals surface area contributed by atoms with Crippen molar-refractivity contribution in [3.05, 3.63) is 93.0 Å². The minimum Gasteiger partial charge on any atom is -0.481 e. The third kappa shape index (κ3) is 8.70. The molecular weight excluding hydrogens is 589 g/mol. The Morgan fingerprint density at radius 2 is 1.79 bits per heavy atom. The fourth-order valence-corrected chi connectivity index (χ4v) is 6.76. The first-order chi connectivity index (χ1) is 20.3. The van der Waals surface area contributed by atoms with E-state index in [9.17, 15) is 14.2 Å². The zero-order valence-electron chi connectivity index (χ0n) is 25.4. The van der Waals surface area contributed by atoms with Gasteiger partial charge in [-0.15, -0.1) is 0 Å². The molecule has 1 heterocycles. The van der Waals surface area contributed by atoms with Crippen molar-refractivity contribution in [2.45, 2.75) is 72.4 Å². The number of carbonyl (C=O) groups excluding carboxylic acids is 2. The smallest absolute Gasteiger partial charge is 0.368 e. The number of esters is 1. The Labute approximate surface area is 258 Å². The molecule has 0 aliphatic carbocycles. The molecule has 8 nitrogen and oxygen atoms in total. The number of ether oxygens (including phenoxy) is 2. The van der Waals surface area contributed by atoms with Crippen LogP contribution in [0, 0.1) is 13.8 Å². The van der Waals surface area contributed by atoms with Gasteiger partial charge >= 0.3 is 13.6 Å². The Morgan fingerprint density at radius 1 is 1.07 bits per heavy atom. The van der Waals surface area contributed by atoms with Gasteiger partial charge in [0.15, 0.2) is 6.35 Å². The van der Waals surface area contributed by atoms with E-state index in [2.05, 4.69) is 11.4 Å². The molecule has 1 N–H and O–H groups in total. The fraction of sp³-hybridized carbons (Fsp3) is 0.394. The highest BCUT2D eigenvalue weighted by atomic mass is 35.5. The summed E-state index contributed by atoms with van der Waals surface area (Å²) in [7, 11) is -3.48. The summed E-state index contributed by atoms with van der Waals surface area (Å²) in [4.78, 5) is 23.8. The molecule has 230 valence electrons. The maximum absolute atomic E-state index is 13.4. The summed E-state index contributed by atoms with van der Waals surface area (Å²) in [6.45, 7) is 11.4. The molecule has 1 fully saturated rings. The lowest BCUT2D eigenvalue weighted by molar-refractivity contribution is -0.138. The van der Waals surface area contributed by atoms with Crippen molar-refractivity contribution in [2.75, 3.05) is 13.0 Å². The van der Waals surface area contributed by atoms with Crippen molar-refractivity contribution in [1.82, 2.24) is 5.32 Å². The molecule has 3 aromatic carbocycles. The number of benzene rings is 3. The average molecular weight is 628 g/mol. The number of halogens is 1. The molecule has 1 aliphatic rings.